The molecule has 16 heavy (non-hydrogen) atoms. The molecule has 0 aliphatic heterocycles. The van der Waals surface area contributed by atoms with Gasteiger partial charge in [-0.3, -0.25) is 9.48 Å². The molecule has 2 rings (SSSR count). The van der Waals surface area contributed by atoms with Crippen LogP contribution in [0.1, 0.15) is 24.6 Å². The van der Waals surface area contributed by atoms with Gasteiger partial charge in [0, 0.05) is 25.1 Å². The van der Waals surface area contributed by atoms with Gasteiger partial charge in [0.05, 0.1) is 5.69 Å². The zero-order valence-electron chi connectivity index (χ0n) is 9.79. The van der Waals surface area contributed by atoms with Crippen molar-refractivity contribution in [2.24, 2.45) is 18.7 Å². The van der Waals surface area contributed by atoms with Crippen molar-refractivity contribution in [2.75, 3.05) is 11.9 Å². The highest BCUT2D eigenvalue weighted by Crippen LogP contribution is 2.28. The predicted octanol–water partition coefficient (Wildman–Crippen LogP) is 0.442. The Morgan fingerprint density at radius 2 is 2.38 bits per heavy atom. The van der Waals surface area contributed by atoms with Crippen LogP contribution in [-0.4, -0.2) is 22.2 Å². The van der Waals surface area contributed by atoms with Crippen LogP contribution in [0, 0.1) is 5.92 Å². The lowest BCUT2D eigenvalue weighted by Gasteiger charge is -2.11. The third-order valence-corrected chi connectivity index (χ3v) is 3.11. The number of hydrogen-bond donors (Lipinski definition) is 2. The first-order valence-electron chi connectivity index (χ1n) is 5.69. The first-order chi connectivity index (χ1) is 7.63. The maximum atomic E-state index is 11.8. The maximum absolute atomic E-state index is 11.8. The Kier molecular flexibility index (Phi) is 2.96. The van der Waals surface area contributed by atoms with Gasteiger partial charge in [-0.25, -0.2) is 0 Å². The van der Waals surface area contributed by atoms with Gasteiger partial charge in [-0.15, -0.1) is 0 Å². The number of carbonyl (C=O) groups excluding carboxylic acids is 1. The van der Waals surface area contributed by atoms with Crippen molar-refractivity contribution in [3.63, 3.8) is 0 Å². The maximum Gasteiger partial charge on any atom is 0.229 e. The van der Waals surface area contributed by atoms with Gasteiger partial charge in [-0.05, 0) is 19.3 Å². The molecule has 0 saturated carbocycles. The molecule has 1 atom stereocenters. The van der Waals surface area contributed by atoms with E-state index in [0.717, 1.165) is 30.8 Å². The monoisotopic (exact) mass is 222 g/mol. The van der Waals surface area contributed by atoms with Crippen molar-refractivity contribution in [1.82, 2.24) is 9.78 Å². The molecule has 0 fully saturated rings. The van der Waals surface area contributed by atoms with E-state index in [2.05, 4.69) is 10.4 Å². The number of nitrogens with one attached hydrogen (secondary N) is 1. The first kappa shape index (κ1) is 11.1. The Balaban J connectivity index is 2.18. The number of hydrogen-bond acceptors (Lipinski definition) is 3. The molecule has 0 spiro atoms. The number of amides is 1. The number of fused-ring (bicyclic) bond motifs is 1. The van der Waals surface area contributed by atoms with Crippen LogP contribution < -0.4 is 11.1 Å². The van der Waals surface area contributed by atoms with Crippen LogP contribution in [0.4, 0.5) is 5.82 Å². The summed E-state index contributed by atoms with van der Waals surface area (Å²) >= 11 is 0. The zero-order chi connectivity index (χ0) is 11.7. The highest BCUT2D eigenvalue weighted by molar-refractivity contribution is 5.92. The minimum atomic E-state index is -0.160. The molecule has 88 valence electrons. The molecule has 1 unspecified atom stereocenters. The highest BCUT2D eigenvalue weighted by atomic mass is 16.2. The van der Waals surface area contributed by atoms with Gasteiger partial charge in [-0.2, -0.15) is 5.10 Å². The molecule has 0 radical (unpaired) electrons. The largest absolute Gasteiger partial charge is 0.330 e. The second-order valence-corrected chi connectivity index (χ2v) is 4.38. The number of nitrogens with zero attached hydrogens (tertiary/aromatic N) is 2. The van der Waals surface area contributed by atoms with E-state index in [-0.39, 0.29) is 11.8 Å². The fourth-order valence-electron chi connectivity index (χ4n) is 2.02. The van der Waals surface area contributed by atoms with Crippen molar-refractivity contribution >= 4 is 11.7 Å². The molecule has 1 aliphatic rings. The van der Waals surface area contributed by atoms with Crippen LogP contribution in [-0.2, 0) is 24.7 Å². The van der Waals surface area contributed by atoms with Crippen molar-refractivity contribution < 1.29 is 4.79 Å². The fourth-order valence-corrected chi connectivity index (χ4v) is 2.02. The molecule has 3 N–H and O–H groups in total. The third kappa shape index (κ3) is 1.82. The van der Waals surface area contributed by atoms with Gasteiger partial charge in [-0.1, -0.05) is 6.92 Å². The van der Waals surface area contributed by atoms with E-state index in [4.69, 9.17) is 5.73 Å². The topological polar surface area (TPSA) is 72.9 Å². The summed E-state index contributed by atoms with van der Waals surface area (Å²) in [4.78, 5) is 11.8. The molecular formula is C11H18N4O. The van der Waals surface area contributed by atoms with E-state index >= 15 is 0 Å². The predicted molar refractivity (Wildman–Crippen MR) is 62.1 cm³/mol. The second-order valence-electron chi connectivity index (χ2n) is 4.38. The minimum absolute atomic E-state index is 0.0276. The van der Waals surface area contributed by atoms with Crippen LogP contribution in [0.25, 0.3) is 0 Å². The molecule has 1 aromatic heterocycles. The Bertz CT molecular complexity index is 410. The summed E-state index contributed by atoms with van der Waals surface area (Å²) in [5.74, 6) is 0.657. The summed E-state index contributed by atoms with van der Waals surface area (Å²) in [6.07, 6.45) is 3.16. The molecule has 1 heterocycles. The lowest BCUT2D eigenvalue weighted by atomic mass is 10.1. The standard InChI is InChI=1S/C11H18N4O/c1-7(6-12)11(16)13-10-8-4-3-5-9(8)14-15(10)2/h7H,3-6,12H2,1-2H3,(H,13,16). The van der Waals surface area contributed by atoms with Crippen LogP contribution in [0.5, 0.6) is 0 Å². The normalized spacial score (nSPS) is 15.9. The van der Waals surface area contributed by atoms with Crippen molar-refractivity contribution in [1.29, 1.82) is 0 Å². The summed E-state index contributed by atoms with van der Waals surface area (Å²) < 4.78 is 1.75. The van der Waals surface area contributed by atoms with E-state index in [9.17, 15) is 4.79 Å². The summed E-state index contributed by atoms with van der Waals surface area (Å²) in [7, 11) is 1.86. The van der Waals surface area contributed by atoms with E-state index in [1.54, 1.807) is 4.68 Å². The number of rotatable bonds is 3. The molecule has 0 aromatic carbocycles. The smallest absolute Gasteiger partial charge is 0.229 e. The van der Waals surface area contributed by atoms with Crippen LogP contribution in [0.3, 0.4) is 0 Å². The summed E-state index contributed by atoms with van der Waals surface area (Å²) in [5, 5.41) is 7.32. The molecule has 5 nitrogen and oxygen atoms in total. The van der Waals surface area contributed by atoms with E-state index in [1.807, 2.05) is 14.0 Å². The van der Waals surface area contributed by atoms with Crippen LogP contribution >= 0.6 is 0 Å². The van der Waals surface area contributed by atoms with Gasteiger partial charge >= 0.3 is 0 Å². The van der Waals surface area contributed by atoms with E-state index < -0.39 is 0 Å². The quantitative estimate of drug-likeness (QED) is 0.779. The Labute approximate surface area is 95.0 Å². The van der Waals surface area contributed by atoms with Gasteiger partial charge in [0.2, 0.25) is 5.91 Å². The van der Waals surface area contributed by atoms with Crippen molar-refractivity contribution in [3.05, 3.63) is 11.3 Å². The average molecular weight is 222 g/mol. The lowest BCUT2D eigenvalue weighted by molar-refractivity contribution is -0.119. The van der Waals surface area contributed by atoms with Gasteiger partial charge in [0.15, 0.2) is 0 Å². The minimum Gasteiger partial charge on any atom is -0.330 e. The molecule has 1 amide bonds. The SMILES string of the molecule is CC(CN)C(=O)Nc1c2c(nn1C)CCC2. The zero-order valence-corrected chi connectivity index (χ0v) is 9.79. The Morgan fingerprint density at radius 3 is 3.06 bits per heavy atom. The van der Waals surface area contributed by atoms with E-state index in [0.29, 0.717) is 6.54 Å². The van der Waals surface area contributed by atoms with Crippen LogP contribution in [0.15, 0.2) is 0 Å². The molecule has 1 aliphatic carbocycles. The Morgan fingerprint density at radius 1 is 1.62 bits per heavy atom. The number of anilines is 1. The van der Waals surface area contributed by atoms with Gasteiger partial charge < -0.3 is 11.1 Å². The second kappa shape index (κ2) is 4.25. The summed E-state index contributed by atoms with van der Waals surface area (Å²) in [6, 6.07) is 0. The van der Waals surface area contributed by atoms with E-state index in [1.165, 1.54) is 5.56 Å². The first-order valence-corrected chi connectivity index (χ1v) is 5.69. The number of carbonyl (C=O) groups is 1. The summed E-state index contributed by atoms with van der Waals surface area (Å²) in [5.41, 5.74) is 7.79. The molecule has 0 saturated heterocycles. The highest BCUT2D eigenvalue weighted by Gasteiger charge is 2.23. The average Bonchev–Trinajstić information content (AvgIpc) is 2.81. The lowest BCUT2D eigenvalue weighted by Crippen LogP contribution is -2.27. The molecule has 0 bridgehead atoms. The summed E-state index contributed by atoms with van der Waals surface area (Å²) in [6.45, 7) is 2.19. The van der Waals surface area contributed by atoms with Gasteiger partial charge in [0.25, 0.3) is 0 Å². The third-order valence-electron chi connectivity index (χ3n) is 3.11. The Hall–Kier alpha value is -1.36. The van der Waals surface area contributed by atoms with Crippen molar-refractivity contribution in [3.8, 4) is 0 Å². The molecule has 1 aromatic rings. The molecule has 5 heteroatoms. The number of aromatic nitrogens is 2. The molecular weight excluding hydrogens is 204 g/mol. The fraction of sp³-hybridized carbons (Fsp3) is 0.636. The van der Waals surface area contributed by atoms with Crippen molar-refractivity contribution in [2.45, 2.75) is 26.2 Å². The number of nitrogens with two attached hydrogens (primary N) is 1. The number of aryl methyl sites for hydroxylation is 2. The van der Waals surface area contributed by atoms with Gasteiger partial charge in [0.1, 0.15) is 5.82 Å². The van der Waals surface area contributed by atoms with Crippen LogP contribution in [0.2, 0.25) is 0 Å².